The molecule has 17 heavy (non-hydrogen) atoms. The van der Waals surface area contributed by atoms with E-state index in [-0.39, 0.29) is 0 Å². The molecule has 0 aliphatic carbocycles. The van der Waals surface area contributed by atoms with Gasteiger partial charge in [-0.3, -0.25) is 4.98 Å². The minimum absolute atomic E-state index is 0.627. The maximum absolute atomic E-state index is 4.39. The largest absolute Gasteiger partial charge is 0.363 e. The Morgan fingerprint density at radius 2 is 1.94 bits per heavy atom. The second-order valence-corrected chi connectivity index (χ2v) is 3.89. The molecule has 5 nitrogen and oxygen atoms in total. The molecule has 0 saturated heterocycles. The summed E-state index contributed by atoms with van der Waals surface area (Å²) in [6.07, 6.45) is 3.52. The van der Waals surface area contributed by atoms with Gasteiger partial charge in [0.2, 0.25) is 0 Å². The summed E-state index contributed by atoms with van der Waals surface area (Å²) >= 11 is 0. The molecule has 0 saturated carbocycles. The summed E-state index contributed by atoms with van der Waals surface area (Å²) in [6.45, 7) is 6.36. The van der Waals surface area contributed by atoms with E-state index in [0.29, 0.717) is 6.54 Å². The first kappa shape index (κ1) is 11.4. The summed E-state index contributed by atoms with van der Waals surface area (Å²) in [4.78, 5) is 17.0. The first-order valence-electron chi connectivity index (χ1n) is 5.48. The number of anilines is 1. The maximum Gasteiger partial charge on any atom is 0.148 e. The van der Waals surface area contributed by atoms with Gasteiger partial charge in [0, 0.05) is 12.4 Å². The van der Waals surface area contributed by atoms with Gasteiger partial charge in [0.25, 0.3) is 0 Å². The van der Waals surface area contributed by atoms with Crippen LogP contribution in [0.4, 0.5) is 5.82 Å². The maximum atomic E-state index is 4.39. The highest BCUT2D eigenvalue weighted by Gasteiger charge is 2.02. The molecule has 0 amide bonds. The van der Waals surface area contributed by atoms with Crippen LogP contribution in [0.1, 0.15) is 22.9 Å². The smallest absolute Gasteiger partial charge is 0.148 e. The predicted molar refractivity (Wildman–Crippen MR) is 65.6 cm³/mol. The number of hydrogen-bond acceptors (Lipinski definition) is 5. The lowest BCUT2D eigenvalue weighted by molar-refractivity contribution is 0.939. The Labute approximate surface area is 100 Å². The lowest BCUT2D eigenvalue weighted by atomic mass is 10.3. The number of aryl methyl sites for hydroxylation is 3. The summed E-state index contributed by atoms with van der Waals surface area (Å²) in [5, 5.41) is 3.23. The molecule has 0 spiro atoms. The van der Waals surface area contributed by atoms with Gasteiger partial charge in [-0.25, -0.2) is 15.0 Å². The molecular formula is C12H15N5. The fourth-order valence-corrected chi connectivity index (χ4v) is 1.48. The summed E-state index contributed by atoms with van der Waals surface area (Å²) in [5.74, 6) is 1.58. The van der Waals surface area contributed by atoms with Crippen molar-refractivity contribution in [3.05, 3.63) is 41.4 Å². The van der Waals surface area contributed by atoms with Gasteiger partial charge in [-0.1, -0.05) is 0 Å². The molecular weight excluding hydrogens is 214 g/mol. The van der Waals surface area contributed by atoms with Crippen LogP contribution in [0.15, 0.2) is 18.5 Å². The third kappa shape index (κ3) is 2.96. The Bertz CT molecular complexity index is 524. The zero-order chi connectivity index (χ0) is 12.3. The van der Waals surface area contributed by atoms with E-state index in [1.54, 1.807) is 12.4 Å². The SMILES string of the molecule is Cc1cnc(C)c(NCc2ccnc(C)n2)n1. The lowest BCUT2D eigenvalue weighted by Crippen LogP contribution is -2.07. The van der Waals surface area contributed by atoms with Crippen LogP contribution in [-0.2, 0) is 6.54 Å². The van der Waals surface area contributed by atoms with E-state index < -0.39 is 0 Å². The highest BCUT2D eigenvalue weighted by molar-refractivity contribution is 5.39. The monoisotopic (exact) mass is 229 g/mol. The number of nitrogens with zero attached hydrogens (tertiary/aromatic N) is 4. The predicted octanol–water partition coefficient (Wildman–Crippen LogP) is 1.80. The molecule has 0 fully saturated rings. The molecule has 2 rings (SSSR count). The summed E-state index contributed by atoms with van der Waals surface area (Å²) in [5.41, 5.74) is 2.73. The van der Waals surface area contributed by atoms with Crippen molar-refractivity contribution in [2.75, 3.05) is 5.32 Å². The van der Waals surface area contributed by atoms with Crippen LogP contribution >= 0.6 is 0 Å². The van der Waals surface area contributed by atoms with Crippen molar-refractivity contribution in [3.8, 4) is 0 Å². The Morgan fingerprint density at radius 1 is 1.12 bits per heavy atom. The number of nitrogens with one attached hydrogen (secondary N) is 1. The van der Waals surface area contributed by atoms with Crippen molar-refractivity contribution in [1.82, 2.24) is 19.9 Å². The first-order valence-corrected chi connectivity index (χ1v) is 5.48. The molecule has 5 heteroatoms. The van der Waals surface area contributed by atoms with Gasteiger partial charge in [0.1, 0.15) is 11.6 Å². The molecule has 0 radical (unpaired) electrons. The fraction of sp³-hybridized carbons (Fsp3) is 0.333. The van der Waals surface area contributed by atoms with Crippen LogP contribution in [0.5, 0.6) is 0 Å². The van der Waals surface area contributed by atoms with E-state index in [0.717, 1.165) is 28.7 Å². The van der Waals surface area contributed by atoms with Crippen LogP contribution in [0.2, 0.25) is 0 Å². The van der Waals surface area contributed by atoms with Crippen molar-refractivity contribution in [3.63, 3.8) is 0 Å². The first-order chi connectivity index (χ1) is 8.15. The Hall–Kier alpha value is -2.04. The Morgan fingerprint density at radius 3 is 2.71 bits per heavy atom. The third-order valence-electron chi connectivity index (χ3n) is 2.35. The van der Waals surface area contributed by atoms with Crippen molar-refractivity contribution in [2.24, 2.45) is 0 Å². The van der Waals surface area contributed by atoms with Crippen molar-refractivity contribution >= 4 is 5.82 Å². The van der Waals surface area contributed by atoms with Gasteiger partial charge in [0.05, 0.1) is 23.6 Å². The van der Waals surface area contributed by atoms with Gasteiger partial charge in [-0.2, -0.15) is 0 Å². The molecule has 2 aromatic rings. The molecule has 1 N–H and O–H groups in total. The zero-order valence-electron chi connectivity index (χ0n) is 10.2. The quantitative estimate of drug-likeness (QED) is 0.869. The molecule has 0 bridgehead atoms. The van der Waals surface area contributed by atoms with Crippen molar-refractivity contribution < 1.29 is 0 Å². The minimum Gasteiger partial charge on any atom is -0.363 e. The summed E-state index contributed by atoms with van der Waals surface area (Å²) in [6, 6.07) is 1.89. The highest BCUT2D eigenvalue weighted by Crippen LogP contribution is 2.09. The van der Waals surface area contributed by atoms with Crippen LogP contribution in [0, 0.1) is 20.8 Å². The van der Waals surface area contributed by atoms with Crippen LogP contribution in [0.25, 0.3) is 0 Å². The second-order valence-electron chi connectivity index (χ2n) is 3.89. The molecule has 88 valence electrons. The Balaban J connectivity index is 2.09. The van der Waals surface area contributed by atoms with Crippen molar-refractivity contribution in [2.45, 2.75) is 27.3 Å². The van der Waals surface area contributed by atoms with E-state index in [9.17, 15) is 0 Å². The van der Waals surface area contributed by atoms with E-state index >= 15 is 0 Å². The van der Waals surface area contributed by atoms with Gasteiger partial charge in [-0.05, 0) is 26.8 Å². The average Bonchev–Trinajstić information content (AvgIpc) is 2.30. The van der Waals surface area contributed by atoms with Crippen molar-refractivity contribution in [1.29, 1.82) is 0 Å². The third-order valence-corrected chi connectivity index (χ3v) is 2.35. The molecule has 0 aliphatic heterocycles. The topological polar surface area (TPSA) is 63.6 Å². The normalized spacial score (nSPS) is 10.3. The standard InChI is InChI=1S/C12H15N5/c1-8-6-14-9(2)12(16-8)15-7-11-4-5-13-10(3)17-11/h4-6H,7H2,1-3H3,(H,15,16). The average molecular weight is 229 g/mol. The molecule has 2 aromatic heterocycles. The van der Waals surface area contributed by atoms with Gasteiger partial charge in [-0.15, -0.1) is 0 Å². The summed E-state index contributed by atoms with van der Waals surface area (Å²) in [7, 11) is 0. The lowest BCUT2D eigenvalue weighted by Gasteiger charge is -2.08. The number of hydrogen-bond donors (Lipinski definition) is 1. The zero-order valence-corrected chi connectivity index (χ0v) is 10.2. The van der Waals surface area contributed by atoms with E-state index in [4.69, 9.17) is 0 Å². The van der Waals surface area contributed by atoms with Gasteiger partial charge < -0.3 is 5.32 Å². The second kappa shape index (κ2) is 4.86. The fourth-order valence-electron chi connectivity index (χ4n) is 1.48. The van der Waals surface area contributed by atoms with Gasteiger partial charge >= 0.3 is 0 Å². The van der Waals surface area contributed by atoms with Gasteiger partial charge in [0.15, 0.2) is 0 Å². The minimum atomic E-state index is 0.627. The van der Waals surface area contributed by atoms with Crippen LogP contribution in [0.3, 0.4) is 0 Å². The van der Waals surface area contributed by atoms with E-state index in [1.807, 2.05) is 26.8 Å². The van der Waals surface area contributed by atoms with Crippen LogP contribution in [-0.4, -0.2) is 19.9 Å². The molecule has 0 aromatic carbocycles. The Kier molecular flexibility index (Phi) is 3.27. The molecule has 2 heterocycles. The molecule has 0 atom stereocenters. The number of aromatic nitrogens is 4. The molecule has 0 aliphatic rings. The van der Waals surface area contributed by atoms with E-state index in [1.165, 1.54) is 0 Å². The summed E-state index contributed by atoms with van der Waals surface area (Å²) < 4.78 is 0. The highest BCUT2D eigenvalue weighted by atomic mass is 15.0. The van der Waals surface area contributed by atoms with Crippen LogP contribution < -0.4 is 5.32 Å². The van der Waals surface area contributed by atoms with E-state index in [2.05, 4.69) is 25.3 Å². The molecule has 0 unspecified atom stereocenters. The number of rotatable bonds is 3.